The predicted octanol–water partition coefficient (Wildman–Crippen LogP) is 2.19. The maximum absolute atomic E-state index is 12.5. The largest absolute Gasteiger partial charge is 0.481 e. The van der Waals surface area contributed by atoms with Crippen LogP contribution in [0.1, 0.15) is 33.6 Å². The first-order valence-electron chi connectivity index (χ1n) is 6.65. The molecule has 0 aromatic carbocycles. The van der Waals surface area contributed by atoms with Gasteiger partial charge in [-0.1, -0.05) is 6.08 Å². The van der Waals surface area contributed by atoms with Crippen LogP contribution in [0, 0.1) is 5.92 Å². The lowest BCUT2D eigenvalue weighted by atomic mass is 10.1. The molecule has 0 spiro atoms. The molecule has 1 aliphatic rings. The summed E-state index contributed by atoms with van der Waals surface area (Å²) in [6.07, 6.45) is 2.62. The number of likely N-dealkylation sites (tertiary alicyclic amines) is 1. The monoisotopic (exact) mass is 268 g/mol. The SMILES string of the molecule is C=CCN(C(=O)N1CCC(CC(=O)O)C1)C(C)(C)C. The Morgan fingerprint density at radius 3 is 2.58 bits per heavy atom. The van der Waals surface area contributed by atoms with Crippen LogP contribution < -0.4 is 0 Å². The minimum absolute atomic E-state index is 0.0275. The molecule has 1 atom stereocenters. The topological polar surface area (TPSA) is 60.9 Å². The third-order valence-corrected chi connectivity index (χ3v) is 3.37. The molecule has 2 amide bonds. The van der Waals surface area contributed by atoms with Gasteiger partial charge in [0.15, 0.2) is 0 Å². The summed E-state index contributed by atoms with van der Waals surface area (Å²) in [6, 6.07) is -0.0275. The molecule has 1 aliphatic heterocycles. The van der Waals surface area contributed by atoms with Crippen LogP contribution >= 0.6 is 0 Å². The van der Waals surface area contributed by atoms with Gasteiger partial charge in [0.25, 0.3) is 0 Å². The predicted molar refractivity (Wildman–Crippen MR) is 74.0 cm³/mol. The van der Waals surface area contributed by atoms with E-state index in [-0.39, 0.29) is 23.9 Å². The summed E-state index contributed by atoms with van der Waals surface area (Å²) in [5.74, 6) is -0.718. The first kappa shape index (κ1) is 15.5. The molecule has 1 heterocycles. The summed E-state index contributed by atoms with van der Waals surface area (Å²) in [5.41, 5.74) is -0.268. The Morgan fingerprint density at radius 2 is 2.11 bits per heavy atom. The van der Waals surface area contributed by atoms with Gasteiger partial charge in [-0.3, -0.25) is 4.79 Å². The molecule has 5 nitrogen and oxygen atoms in total. The number of urea groups is 1. The molecule has 19 heavy (non-hydrogen) atoms. The molecular formula is C14H24N2O3. The van der Waals surface area contributed by atoms with Crippen molar-refractivity contribution in [2.24, 2.45) is 5.92 Å². The molecule has 0 aliphatic carbocycles. The summed E-state index contributed by atoms with van der Waals surface area (Å²) in [5, 5.41) is 8.79. The van der Waals surface area contributed by atoms with Crippen LogP contribution in [0.15, 0.2) is 12.7 Å². The van der Waals surface area contributed by atoms with E-state index in [1.807, 2.05) is 20.8 Å². The summed E-state index contributed by atoms with van der Waals surface area (Å²) in [6.45, 7) is 11.3. The number of carboxylic acid groups (broad SMARTS) is 1. The Balaban J connectivity index is 2.67. The average Bonchev–Trinajstić information content (AvgIpc) is 2.71. The highest BCUT2D eigenvalue weighted by atomic mass is 16.4. The van der Waals surface area contributed by atoms with Crippen LogP contribution in [-0.2, 0) is 4.79 Å². The number of carboxylic acids is 1. The minimum Gasteiger partial charge on any atom is -0.481 e. The summed E-state index contributed by atoms with van der Waals surface area (Å²) in [4.78, 5) is 26.7. The molecule has 0 aromatic rings. The molecule has 108 valence electrons. The van der Waals surface area contributed by atoms with Gasteiger partial charge in [-0.05, 0) is 33.1 Å². The Kier molecular flexibility index (Phi) is 4.97. The molecule has 5 heteroatoms. The van der Waals surface area contributed by atoms with Crippen molar-refractivity contribution in [3.63, 3.8) is 0 Å². The number of hydrogen-bond donors (Lipinski definition) is 1. The molecule has 1 saturated heterocycles. The second-order valence-electron chi connectivity index (χ2n) is 6.05. The Hall–Kier alpha value is -1.52. The molecule has 0 saturated carbocycles. The normalized spacial score (nSPS) is 19.3. The lowest BCUT2D eigenvalue weighted by molar-refractivity contribution is -0.138. The van der Waals surface area contributed by atoms with Gasteiger partial charge >= 0.3 is 12.0 Å². The number of nitrogens with zero attached hydrogens (tertiary/aromatic N) is 2. The van der Waals surface area contributed by atoms with Crippen molar-refractivity contribution < 1.29 is 14.7 Å². The smallest absolute Gasteiger partial charge is 0.320 e. The second kappa shape index (κ2) is 6.08. The van der Waals surface area contributed by atoms with Crippen LogP contribution in [0.4, 0.5) is 4.79 Å². The van der Waals surface area contributed by atoms with E-state index < -0.39 is 5.97 Å². The summed E-state index contributed by atoms with van der Waals surface area (Å²) >= 11 is 0. The zero-order chi connectivity index (χ0) is 14.6. The first-order valence-corrected chi connectivity index (χ1v) is 6.65. The molecule has 0 radical (unpaired) electrons. The Bertz CT molecular complexity index is 360. The lowest BCUT2D eigenvalue weighted by Gasteiger charge is -2.37. The maximum Gasteiger partial charge on any atom is 0.320 e. The van der Waals surface area contributed by atoms with Gasteiger partial charge in [0.1, 0.15) is 0 Å². The highest BCUT2D eigenvalue weighted by molar-refractivity contribution is 5.76. The number of amides is 2. The van der Waals surface area contributed by atoms with Gasteiger partial charge in [0, 0.05) is 31.6 Å². The molecular weight excluding hydrogens is 244 g/mol. The fourth-order valence-electron chi connectivity index (χ4n) is 2.36. The van der Waals surface area contributed by atoms with Crippen molar-refractivity contribution in [1.29, 1.82) is 0 Å². The zero-order valence-corrected chi connectivity index (χ0v) is 12.1. The highest BCUT2D eigenvalue weighted by Crippen LogP contribution is 2.23. The van der Waals surface area contributed by atoms with Crippen molar-refractivity contribution >= 4 is 12.0 Å². The highest BCUT2D eigenvalue weighted by Gasteiger charge is 2.34. The number of hydrogen-bond acceptors (Lipinski definition) is 2. The van der Waals surface area contributed by atoms with Gasteiger partial charge in [0.2, 0.25) is 0 Å². The van der Waals surface area contributed by atoms with Crippen LogP contribution in [0.5, 0.6) is 0 Å². The van der Waals surface area contributed by atoms with Crippen molar-refractivity contribution in [3.8, 4) is 0 Å². The third-order valence-electron chi connectivity index (χ3n) is 3.37. The van der Waals surface area contributed by atoms with Gasteiger partial charge in [-0.15, -0.1) is 6.58 Å². The van der Waals surface area contributed by atoms with Gasteiger partial charge in [-0.25, -0.2) is 4.79 Å². The molecule has 0 bridgehead atoms. The lowest BCUT2D eigenvalue weighted by Crippen LogP contribution is -2.51. The first-order chi connectivity index (χ1) is 8.75. The fraction of sp³-hybridized carbons (Fsp3) is 0.714. The third kappa shape index (κ3) is 4.26. The Morgan fingerprint density at radius 1 is 1.47 bits per heavy atom. The van der Waals surface area contributed by atoms with E-state index in [1.54, 1.807) is 15.9 Å². The average molecular weight is 268 g/mol. The quantitative estimate of drug-likeness (QED) is 0.795. The second-order valence-corrected chi connectivity index (χ2v) is 6.05. The number of aliphatic carboxylic acids is 1. The van der Waals surface area contributed by atoms with E-state index in [4.69, 9.17) is 5.11 Å². The van der Waals surface area contributed by atoms with Crippen LogP contribution in [-0.4, -0.2) is 52.1 Å². The Labute approximate surface area is 114 Å². The van der Waals surface area contributed by atoms with Crippen LogP contribution in [0.3, 0.4) is 0 Å². The van der Waals surface area contributed by atoms with Crippen LogP contribution in [0.25, 0.3) is 0 Å². The van der Waals surface area contributed by atoms with E-state index in [0.29, 0.717) is 19.6 Å². The summed E-state index contributed by atoms with van der Waals surface area (Å²) in [7, 11) is 0. The van der Waals surface area contributed by atoms with Crippen molar-refractivity contribution in [1.82, 2.24) is 9.80 Å². The molecule has 1 N–H and O–H groups in total. The van der Waals surface area contributed by atoms with E-state index in [0.717, 1.165) is 6.42 Å². The van der Waals surface area contributed by atoms with E-state index in [2.05, 4.69) is 6.58 Å². The summed E-state index contributed by atoms with van der Waals surface area (Å²) < 4.78 is 0. The zero-order valence-electron chi connectivity index (χ0n) is 12.1. The standard InChI is InChI=1S/C14H24N2O3/c1-5-7-16(14(2,3)4)13(19)15-8-6-11(10-15)9-12(17)18/h5,11H,1,6-10H2,2-4H3,(H,17,18). The van der Waals surface area contributed by atoms with E-state index >= 15 is 0 Å². The van der Waals surface area contributed by atoms with Crippen molar-refractivity contribution in [2.75, 3.05) is 19.6 Å². The van der Waals surface area contributed by atoms with Crippen molar-refractivity contribution in [3.05, 3.63) is 12.7 Å². The van der Waals surface area contributed by atoms with E-state index in [9.17, 15) is 9.59 Å². The fourth-order valence-corrected chi connectivity index (χ4v) is 2.36. The molecule has 0 aromatic heterocycles. The van der Waals surface area contributed by atoms with Gasteiger partial charge in [-0.2, -0.15) is 0 Å². The molecule has 1 rings (SSSR count). The van der Waals surface area contributed by atoms with Crippen molar-refractivity contribution in [2.45, 2.75) is 39.2 Å². The maximum atomic E-state index is 12.5. The van der Waals surface area contributed by atoms with Gasteiger partial charge < -0.3 is 14.9 Å². The molecule has 1 unspecified atom stereocenters. The van der Waals surface area contributed by atoms with Gasteiger partial charge in [0.05, 0.1) is 0 Å². The minimum atomic E-state index is -0.793. The number of carbonyl (C=O) groups is 2. The van der Waals surface area contributed by atoms with Crippen LogP contribution in [0.2, 0.25) is 0 Å². The number of rotatable bonds is 4. The van der Waals surface area contributed by atoms with E-state index in [1.165, 1.54) is 0 Å². The molecule has 1 fully saturated rings. The number of carbonyl (C=O) groups excluding carboxylic acids is 1.